The second-order valence-electron chi connectivity index (χ2n) is 4.66. The molecule has 2 nitrogen and oxygen atoms in total. The summed E-state index contributed by atoms with van der Waals surface area (Å²) in [6, 6.07) is 8.81. The number of ether oxygens (including phenoxy) is 1. The zero-order valence-corrected chi connectivity index (χ0v) is 13.1. The van der Waals surface area contributed by atoms with Gasteiger partial charge in [0.1, 0.15) is 0 Å². The van der Waals surface area contributed by atoms with Crippen molar-refractivity contribution in [3.05, 3.63) is 29.8 Å². The van der Waals surface area contributed by atoms with Gasteiger partial charge < -0.3 is 9.64 Å². The number of morpholine rings is 1. The first-order valence-electron chi connectivity index (χ1n) is 6.87. The third-order valence-corrected chi connectivity index (χ3v) is 4.74. The summed E-state index contributed by atoms with van der Waals surface area (Å²) in [7, 11) is 0. The van der Waals surface area contributed by atoms with E-state index in [1.54, 1.807) is 0 Å². The molecular weight excluding hydrogens is 274 g/mol. The normalized spacial score (nSPS) is 15.5. The Bertz CT molecular complexity index is 399. The summed E-state index contributed by atoms with van der Waals surface area (Å²) in [4.78, 5) is 4.65. The molecule has 0 N–H and O–H groups in total. The molecule has 1 heterocycles. The van der Waals surface area contributed by atoms with E-state index in [0.717, 1.165) is 37.7 Å². The highest BCUT2D eigenvalue weighted by Crippen LogP contribution is 2.19. The van der Waals surface area contributed by atoms with Crippen LogP contribution in [0.15, 0.2) is 29.2 Å². The first kappa shape index (κ1) is 14.8. The van der Waals surface area contributed by atoms with Crippen molar-refractivity contribution in [2.75, 3.05) is 32.1 Å². The topological polar surface area (TPSA) is 12.5 Å². The summed E-state index contributed by atoms with van der Waals surface area (Å²) in [6.07, 6.45) is 2.08. The van der Waals surface area contributed by atoms with Gasteiger partial charge in [-0.25, -0.2) is 0 Å². The summed E-state index contributed by atoms with van der Waals surface area (Å²) in [5, 5.41) is 0. The number of nitrogens with zero attached hydrogens (tertiary/aromatic N) is 1. The van der Waals surface area contributed by atoms with E-state index in [1.165, 1.54) is 22.6 Å². The van der Waals surface area contributed by atoms with Crippen molar-refractivity contribution in [1.82, 2.24) is 4.90 Å². The molecule has 104 valence electrons. The Morgan fingerprint density at radius 3 is 2.58 bits per heavy atom. The van der Waals surface area contributed by atoms with Crippen LogP contribution in [0.1, 0.15) is 18.9 Å². The fraction of sp³-hybridized carbons (Fsp3) is 0.533. The average Bonchev–Trinajstić information content (AvgIpc) is 2.47. The molecule has 0 saturated carbocycles. The van der Waals surface area contributed by atoms with Gasteiger partial charge in [-0.2, -0.15) is 0 Å². The number of hydrogen-bond donors (Lipinski definition) is 0. The van der Waals surface area contributed by atoms with Crippen LogP contribution >= 0.6 is 24.0 Å². The van der Waals surface area contributed by atoms with Gasteiger partial charge in [0, 0.05) is 24.4 Å². The first-order chi connectivity index (χ1) is 9.29. The molecular formula is C15H21NOS2. The molecule has 1 fully saturated rings. The molecule has 1 aromatic rings. The summed E-state index contributed by atoms with van der Waals surface area (Å²) in [5.74, 6) is 1.19. The largest absolute Gasteiger partial charge is 0.378 e. The lowest BCUT2D eigenvalue weighted by atomic mass is 10.1. The molecule has 0 atom stereocenters. The molecule has 0 unspecified atom stereocenters. The van der Waals surface area contributed by atoms with E-state index < -0.39 is 0 Å². The summed E-state index contributed by atoms with van der Waals surface area (Å²) < 4.78 is 5.35. The van der Waals surface area contributed by atoms with Gasteiger partial charge in [-0.15, -0.1) is 11.8 Å². The molecule has 1 aliphatic rings. The fourth-order valence-corrected chi connectivity index (χ4v) is 3.14. The van der Waals surface area contributed by atoms with Gasteiger partial charge in [0.05, 0.1) is 18.2 Å². The Morgan fingerprint density at radius 2 is 1.95 bits per heavy atom. The molecule has 0 aromatic heterocycles. The van der Waals surface area contributed by atoms with Crippen LogP contribution in [0, 0.1) is 0 Å². The molecule has 4 heteroatoms. The predicted molar refractivity (Wildman–Crippen MR) is 86.2 cm³/mol. The van der Waals surface area contributed by atoms with Gasteiger partial charge in [-0.3, -0.25) is 0 Å². The Hall–Kier alpha value is -0.580. The van der Waals surface area contributed by atoms with Crippen LogP contribution in [0.5, 0.6) is 0 Å². The quantitative estimate of drug-likeness (QED) is 0.609. The molecule has 0 amide bonds. The van der Waals surface area contributed by atoms with E-state index in [2.05, 4.69) is 36.1 Å². The van der Waals surface area contributed by atoms with Gasteiger partial charge in [0.25, 0.3) is 0 Å². The van der Waals surface area contributed by atoms with Gasteiger partial charge in [0.2, 0.25) is 0 Å². The van der Waals surface area contributed by atoms with Crippen molar-refractivity contribution < 1.29 is 4.74 Å². The second kappa shape index (κ2) is 7.88. The summed E-state index contributed by atoms with van der Waals surface area (Å²) in [5.41, 5.74) is 1.30. The van der Waals surface area contributed by atoms with Crippen LogP contribution in [0.3, 0.4) is 0 Å². The van der Waals surface area contributed by atoms with E-state index in [1.807, 2.05) is 11.8 Å². The van der Waals surface area contributed by atoms with Crippen molar-refractivity contribution in [2.24, 2.45) is 0 Å². The third kappa shape index (κ3) is 4.79. The maximum Gasteiger partial charge on any atom is 0.0825 e. The van der Waals surface area contributed by atoms with Crippen molar-refractivity contribution in [1.29, 1.82) is 0 Å². The van der Waals surface area contributed by atoms with Gasteiger partial charge in [0.15, 0.2) is 0 Å². The standard InChI is InChI=1S/C15H21NOS2/c1-2-11-19-14-5-3-13(4-6-14)12-15(18)16-7-9-17-10-8-16/h3-6H,2,7-12H2,1H3. The highest BCUT2D eigenvalue weighted by atomic mass is 32.2. The monoisotopic (exact) mass is 295 g/mol. The predicted octanol–water partition coefficient (Wildman–Crippen LogP) is 3.39. The van der Waals surface area contributed by atoms with Crippen LogP contribution in [-0.4, -0.2) is 41.9 Å². The smallest absolute Gasteiger partial charge is 0.0825 e. The molecule has 0 aliphatic carbocycles. The van der Waals surface area contributed by atoms with Crippen molar-refractivity contribution in [3.63, 3.8) is 0 Å². The van der Waals surface area contributed by atoms with E-state index in [9.17, 15) is 0 Å². The Labute approximate surface area is 125 Å². The lowest BCUT2D eigenvalue weighted by Gasteiger charge is -2.29. The van der Waals surface area contributed by atoms with E-state index in [0.29, 0.717) is 0 Å². The molecule has 2 rings (SSSR count). The molecule has 0 spiro atoms. The van der Waals surface area contributed by atoms with Gasteiger partial charge in [-0.05, 0) is 29.9 Å². The molecule has 0 bridgehead atoms. The minimum atomic E-state index is 0.798. The van der Waals surface area contributed by atoms with Gasteiger partial charge >= 0.3 is 0 Å². The highest BCUT2D eigenvalue weighted by molar-refractivity contribution is 7.99. The fourth-order valence-electron chi connectivity index (χ4n) is 2.02. The van der Waals surface area contributed by atoms with E-state index >= 15 is 0 Å². The highest BCUT2D eigenvalue weighted by Gasteiger charge is 2.13. The number of hydrogen-bond acceptors (Lipinski definition) is 3. The molecule has 19 heavy (non-hydrogen) atoms. The second-order valence-corrected chi connectivity index (χ2v) is 6.30. The Kier molecular flexibility index (Phi) is 6.14. The lowest BCUT2D eigenvalue weighted by molar-refractivity contribution is 0.0684. The first-order valence-corrected chi connectivity index (χ1v) is 8.26. The number of rotatable bonds is 5. The minimum Gasteiger partial charge on any atom is -0.378 e. The Balaban J connectivity index is 1.86. The zero-order chi connectivity index (χ0) is 13.5. The average molecular weight is 295 g/mol. The van der Waals surface area contributed by atoms with Crippen molar-refractivity contribution >= 4 is 29.0 Å². The lowest BCUT2D eigenvalue weighted by Crippen LogP contribution is -2.40. The minimum absolute atomic E-state index is 0.798. The number of thiocarbonyl (C=S) groups is 1. The molecule has 1 aliphatic heterocycles. The zero-order valence-electron chi connectivity index (χ0n) is 11.4. The number of benzene rings is 1. The van der Waals surface area contributed by atoms with E-state index in [4.69, 9.17) is 17.0 Å². The molecule has 1 aromatic carbocycles. The van der Waals surface area contributed by atoms with Crippen LogP contribution in [0.25, 0.3) is 0 Å². The summed E-state index contributed by atoms with van der Waals surface area (Å²) in [6.45, 7) is 5.67. The number of thioether (sulfide) groups is 1. The molecule has 1 saturated heterocycles. The van der Waals surface area contributed by atoms with Crippen LogP contribution in [0.4, 0.5) is 0 Å². The Morgan fingerprint density at radius 1 is 1.26 bits per heavy atom. The van der Waals surface area contributed by atoms with Crippen molar-refractivity contribution in [3.8, 4) is 0 Å². The van der Waals surface area contributed by atoms with Gasteiger partial charge in [-0.1, -0.05) is 31.3 Å². The third-order valence-electron chi connectivity index (χ3n) is 3.12. The SMILES string of the molecule is CCCSc1ccc(CC(=S)N2CCOCC2)cc1. The van der Waals surface area contributed by atoms with Crippen LogP contribution in [-0.2, 0) is 11.2 Å². The maximum absolute atomic E-state index is 5.52. The van der Waals surface area contributed by atoms with Crippen LogP contribution < -0.4 is 0 Å². The van der Waals surface area contributed by atoms with Crippen LogP contribution in [0.2, 0.25) is 0 Å². The summed E-state index contributed by atoms with van der Waals surface area (Å²) >= 11 is 7.44. The molecule has 0 radical (unpaired) electrons. The van der Waals surface area contributed by atoms with E-state index in [-0.39, 0.29) is 0 Å². The maximum atomic E-state index is 5.52. The van der Waals surface area contributed by atoms with Crippen molar-refractivity contribution in [2.45, 2.75) is 24.7 Å².